The van der Waals surface area contributed by atoms with Crippen molar-refractivity contribution in [3.63, 3.8) is 0 Å². The van der Waals surface area contributed by atoms with Crippen molar-refractivity contribution in [3.8, 4) is 0 Å². The molecule has 0 spiro atoms. The molecular weight excluding hydrogens is 266 g/mol. The largest absolute Gasteiger partial charge is 0.375 e. The maximum atomic E-state index is 12.1. The van der Waals surface area contributed by atoms with Crippen molar-refractivity contribution in [1.82, 2.24) is 10.3 Å². The van der Waals surface area contributed by atoms with E-state index in [1.54, 1.807) is 16.7 Å². The topological polar surface area (TPSA) is 68.0 Å². The Morgan fingerprint density at radius 1 is 1.44 bits per heavy atom. The Labute approximate surface area is 114 Å². The Kier molecular flexibility index (Phi) is 3.98. The first kappa shape index (κ1) is 13.0. The van der Waals surface area contributed by atoms with E-state index in [9.17, 15) is 4.79 Å². The average molecular weight is 281 g/mol. The van der Waals surface area contributed by atoms with Crippen molar-refractivity contribution < 1.29 is 4.79 Å². The zero-order chi connectivity index (χ0) is 13.1. The summed E-state index contributed by atoms with van der Waals surface area (Å²) in [4.78, 5) is 17.2. The summed E-state index contributed by atoms with van der Waals surface area (Å²) in [7, 11) is 0. The Bertz CT molecular complexity index is 519. The van der Waals surface area contributed by atoms with E-state index >= 15 is 0 Å². The molecule has 1 atom stereocenters. The number of carbonyl (C=O) groups is 1. The van der Waals surface area contributed by atoms with E-state index in [1.807, 2.05) is 17.5 Å². The third kappa shape index (κ3) is 2.88. The van der Waals surface area contributed by atoms with Crippen LogP contribution in [0.25, 0.3) is 0 Å². The van der Waals surface area contributed by atoms with Crippen molar-refractivity contribution in [2.24, 2.45) is 5.92 Å². The van der Waals surface area contributed by atoms with E-state index in [-0.39, 0.29) is 11.9 Å². The van der Waals surface area contributed by atoms with Crippen molar-refractivity contribution in [1.29, 1.82) is 0 Å². The fourth-order valence-corrected chi connectivity index (χ4v) is 3.13. The van der Waals surface area contributed by atoms with Gasteiger partial charge in [0.25, 0.3) is 5.91 Å². The normalized spacial score (nSPS) is 12.6. The molecule has 0 saturated carbocycles. The molecule has 2 rings (SSSR count). The summed E-state index contributed by atoms with van der Waals surface area (Å²) in [5.74, 6) is 0.152. The molecule has 2 heterocycles. The van der Waals surface area contributed by atoms with Crippen LogP contribution in [0, 0.1) is 5.92 Å². The van der Waals surface area contributed by atoms with E-state index in [4.69, 9.17) is 5.73 Å². The second-order valence-corrected chi connectivity index (χ2v) is 6.15. The van der Waals surface area contributed by atoms with E-state index in [0.29, 0.717) is 16.7 Å². The standard InChI is InChI=1S/C12H15N3OS2/c1-7(2)10(9-4-3-5-17-9)15-11(16)8-6-18-12(13)14-8/h3-7,10H,1-2H3,(H2,13,14)(H,15,16). The van der Waals surface area contributed by atoms with Gasteiger partial charge in [0.1, 0.15) is 5.69 Å². The minimum atomic E-state index is -0.171. The smallest absolute Gasteiger partial charge is 0.271 e. The number of nitrogens with one attached hydrogen (secondary N) is 1. The van der Waals surface area contributed by atoms with Gasteiger partial charge < -0.3 is 11.1 Å². The summed E-state index contributed by atoms with van der Waals surface area (Å²) in [6.07, 6.45) is 0. The molecule has 1 amide bonds. The van der Waals surface area contributed by atoms with Gasteiger partial charge in [-0.1, -0.05) is 19.9 Å². The molecule has 4 nitrogen and oxygen atoms in total. The average Bonchev–Trinajstić information content (AvgIpc) is 2.95. The van der Waals surface area contributed by atoms with E-state index < -0.39 is 0 Å². The van der Waals surface area contributed by atoms with Crippen LogP contribution in [0.15, 0.2) is 22.9 Å². The first-order valence-corrected chi connectivity index (χ1v) is 7.39. The quantitative estimate of drug-likeness (QED) is 0.905. The predicted octanol–water partition coefficient (Wildman–Crippen LogP) is 2.91. The third-order valence-corrected chi connectivity index (χ3v) is 4.19. The molecule has 0 fully saturated rings. The molecule has 0 saturated heterocycles. The van der Waals surface area contributed by atoms with E-state index in [1.165, 1.54) is 11.3 Å². The molecule has 2 aromatic rings. The van der Waals surface area contributed by atoms with Crippen molar-refractivity contribution in [3.05, 3.63) is 33.5 Å². The highest BCUT2D eigenvalue weighted by molar-refractivity contribution is 7.13. The number of aromatic nitrogens is 1. The molecule has 0 aliphatic rings. The molecule has 6 heteroatoms. The summed E-state index contributed by atoms with van der Waals surface area (Å²) in [5.41, 5.74) is 5.92. The van der Waals surface area contributed by atoms with Crippen LogP contribution in [-0.4, -0.2) is 10.9 Å². The Hall–Kier alpha value is -1.40. The number of rotatable bonds is 4. The first-order chi connectivity index (χ1) is 8.58. The highest BCUT2D eigenvalue weighted by atomic mass is 32.1. The monoisotopic (exact) mass is 281 g/mol. The maximum Gasteiger partial charge on any atom is 0.271 e. The third-order valence-electron chi connectivity index (χ3n) is 2.56. The number of nitrogen functional groups attached to an aromatic ring is 1. The predicted molar refractivity (Wildman–Crippen MR) is 75.9 cm³/mol. The van der Waals surface area contributed by atoms with Gasteiger partial charge in [-0.3, -0.25) is 4.79 Å². The molecule has 3 N–H and O–H groups in total. The lowest BCUT2D eigenvalue weighted by molar-refractivity contribution is 0.0922. The van der Waals surface area contributed by atoms with Crippen LogP contribution in [0.2, 0.25) is 0 Å². The maximum absolute atomic E-state index is 12.1. The van der Waals surface area contributed by atoms with Crippen LogP contribution in [0.4, 0.5) is 5.13 Å². The van der Waals surface area contributed by atoms with Gasteiger partial charge in [0.05, 0.1) is 6.04 Å². The molecule has 0 aliphatic carbocycles. The molecular formula is C12H15N3OS2. The van der Waals surface area contributed by atoms with Crippen LogP contribution >= 0.6 is 22.7 Å². The van der Waals surface area contributed by atoms with Gasteiger partial charge in [-0.15, -0.1) is 22.7 Å². The summed E-state index contributed by atoms with van der Waals surface area (Å²) in [5, 5.41) is 7.11. The SMILES string of the molecule is CC(C)C(NC(=O)c1csc(N)n1)c1cccs1. The Morgan fingerprint density at radius 3 is 2.72 bits per heavy atom. The first-order valence-electron chi connectivity index (χ1n) is 5.63. The van der Waals surface area contributed by atoms with E-state index in [0.717, 1.165) is 4.88 Å². The minimum Gasteiger partial charge on any atom is -0.375 e. The molecule has 0 aliphatic heterocycles. The van der Waals surface area contributed by atoms with Gasteiger partial charge >= 0.3 is 0 Å². The molecule has 0 aromatic carbocycles. The zero-order valence-corrected chi connectivity index (χ0v) is 11.8. The Morgan fingerprint density at radius 2 is 2.22 bits per heavy atom. The fourth-order valence-electron chi connectivity index (χ4n) is 1.64. The van der Waals surface area contributed by atoms with Crippen LogP contribution < -0.4 is 11.1 Å². The summed E-state index contributed by atoms with van der Waals surface area (Å²) >= 11 is 2.92. The Balaban J connectivity index is 2.13. The van der Waals surface area contributed by atoms with Crippen LogP contribution in [0.1, 0.15) is 35.3 Å². The van der Waals surface area contributed by atoms with Crippen LogP contribution in [0.3, 0.4) is 0 Å². The number of thiophene rings is 1. The van der Waals surface area contributed by atoms with Gasteiger partial charge in [-0.05, 0) is 17.4 Å². The van der Waals surface area contributed by atoms with Crippen molar-refractivity contribution >= 4 is 33.7 Å². The van der Waals surface area contributed by atoms with Crippen molar-refractivity contribution in [2.75, 3.05) is 5.73 Å². The molecule has 18 heavy (non-hydrogen) atoms. The second-order valence-electron chi connectivity index (χ2n) is 4.28. The number of carbonyl (C=O) groups excluding carboxylic acids is 1. The number of anilines is 1. The lowest BCUT2D eigenvalue weighted by Gasteiger charge is -2.20. The zero-order valence-electron chi connectivity index (χ0n) is 10.2. The molecule has 0 bridgehead atoms. The van der Waals surface area contributed by atoms with Gasteiger partial charge in [-0.2, -0.15) is 0 Å². The highest BCUT2D eigenvalue weighted by Gasteiger charge is 2.21. The molecule has 1 unspecified atom stereocenters. The molecule has 96 valence electrons. The fraction of sp³-hybridized carbons (Fsp3) is 0.333. The number of hydrogen-bond acceptors (Lipinski definition) is 5. The summed E-state index contributed by atoms with van der Waals surface area (Å²) in [6.45, 7) is 4.17. The number of nitrogens with two attached hydrogens (primary N) is 1. The number of hydrogen-bond donors (Lipinski definition) is 2. The number of nitrogens with zero attached hydrogens (tertiary/aromatic N) is 1. The van der Waals surface area contributed by atoms with Gasteiger partial charge in [0.2, 0.25) is 0 Å². The van der Waals surface area contributed by atoms with E-state index in [2.05, 4.69) is 24.1 Å². The van der Waals surface area contributed by atoms with Crippen molar-refractivity contribution in [2.45, 2.75) is 19.9 Å². The summed E-state index contributed by atoms with van der Waals surface area (Å²) in [6, 6.07) is 4.04. The highest BCUT2D eigenvalue weighted by Crippen LogP contribution is 2.26. The summed E-state index contributed by atoms with van der Waals surface area (Å²) < 4.78 is 0. The number of amides is 1. The molecule has 0 radical (unpaired) electrons. The lowest BCUT2D eigenvalue weighted by atomic mass is 10.0. The van der Waals surface area contributed by atoms with Gasteiger partial charge in [0, 0.05) is 10.3 Å². The number of thiazole rings is 1. The second kappa shape index (κ2) is 5.49. The lowest BCUT2D eigenvalue weighted by Crippen LogP contribution is -2.31. The van der Waals surface area contributed by atoms with Gasteiger partial charge in [-0.25, -0.2) is 4.98 Å². The molecule has 2 aromatic heterocycles. The minimum absolute atomic E-state index is 0.0143. The van der Waals surface area contributed by atoms with Gasteiger partial charge in [0.15, 0.2) is 5.13 Å². The van der Waals surface area contributed by atoms with Crippen LogP contribution in [-0.2, 0) is 0 Å². The van der Waals surface area contributed by atoms with Crippen LogP contribution in [0.5, 0.6) is 0 Å².